The first-order valence-electron chi connectivity index (χ1n) is 9.09. The highest BCUT2D eigenvalue weighted by atomic mass is 16.5. The summed E-state index contributed by atoms with van der Waals surface area (Å²) in [5.74, 6) is -0.816. The molecule has 1 N–H and O–H groups in total. The van der Waals surface area contributed by atoms with Crippen molar-refractivity contribution in [3.63, 3.8) is 0 Å². The quantitative estimate of drug-likeness (QED) is 0.665. The molecule has 28 heavy (non-hydrogen) atoms. The van der Waals surface area contributed by atoms with Crippen LogP contribution in [0.1, 0.15) is 36.7 Å². The zero-order valence-electron chi connectivity index (χ0n) is 15.7. The topological polar surface area (TPSA) is 90.3 Å². The van der Waals surface area contributed by atoms with E-state index in [0.29, 0.717) is 28.6 Å². The molecule has 3 aromatic rings. The fourth-order valence-corrected chi connectivity index (χ4v) is 2.98. The van der Waals surface area contributed by atoms with E-state index in [2.05, 4.69) is 10.3 Å². The maximum absolute atomic E-state index is 12.8. The van der Waals surface area contributed by atoms with Gasteiger partial charge in [-0.25, -0.2) is 9.78 Å². The molecule has 3 rings (SSSR count). The van der Waals surface area contributed by atoms with Crippen LogP contribution in [0.2, 0.25) is 0 Å². The Hall–Kier alpha value is -3.48. The highest BCUT2D eigenvalue weighted by molar-refractivity contribution is 5.96. The van der Waals surface area contributed by atoms with Crippen LogP contribution < -0.4 is 10.9 Å². The van der Waals surface area contributed by atoms with Crippen LogP contribution in [0.15, 0.2) is 59.7 Å². The highest BCUT2D eigenvalue weighted by Gasteiger charge is 2.21. The Kier molecular flexibility index (Phi) is 5.84. The molecule has 1 heterocycles. The average Bonchev–Trinajstić information content (AvgIpc) is 2.71. The minimum absolute atomic E-state index is 0.269. The van der Waals surface area contributed by atoms with E-state index in [1.165, 1.54) is 10.9 Å². The summed E-state index contributed by atoms with van der Waals surface area (Å²) in [5, 5.41) is 3.23. The number of carbonyl (C=O) groups is 2. The zero-order chi connectivity index (χ0) is 20.1. The van der Waals surface area contributed by atoms with Crippen molar-refractivity contribution in [2.24, 2.45) is 0 Å². The molecule has 0 saturated heterocycles. The number of esters is 1. The van der Waals surface area contributed by atoms with Crippen LogP contribution in [-0.2, 0) is 9.53 Å². The molecule has 144 valence electrons. The van der Waals surface area contributed by atoms with Gasteiger partial charge in [-0.1, -0.05) is 25.1 Å². The molecule has 0 radical (unpaired) electrons. The van der Waals surface area contributed by atoms with E-state index in [-0.39, 0.29) is 18.1 Å². The number of ether oxygens (including phenoxy) is 1. The number of fused-ring (bicyclic) bond motifs is 1. The standard InChI is InChI=1S/C21H21N3O4/c1-3-18(24-13-22-17-11-6-5-10-16(17)20(24)26)19(25)23-15-9-7-8-14(12-15)21(27)28-4-2/h5-13,18H,3-4H2,1-2H3,(H,23,25)/t18-/m1/s1. The van der Waals surface area contributed by atoms with Gasteiger partial charge in [0.2, 0.25) is 5.91 Å². The molecule has 0 saturated carbocycles. The smallest absolute Gasteiger partial charge is 0.338 e. The maximum Gasteiger partial charge on any atom is 0.338 e. The molecule has 0 unspecified atom stereocenters. The lowest BCUT2D eigenvalue weighted by atomic mass is 10.1. The molecule has 0 aliphatic carbocycles. The number of nitrogens with zero attached hydrogens (tertiary/aromatic N) is 2. The van der Waals surface area contributed by atoms with Gasteiger partial charge in [-0.2, -0.15) is 0 Å². The summed E-state index contributed by atoms with van der Waals surface area (Å²) in [7, 11) is 0. The summed E-state index contributed by atoms with van der Waals surface area (Å²) >= 11 is 0. The number of amides is 1. The van der Waals surface area contributed by atoms with Crippen molar-refractivity contribution in [2.45, 2.75) is 26.3 Å². The molecular weight excluding hydrogens is 358 g/mol. The maximum atomic E-state index is 12.8. The van der Waals surface area contributed by atoms with Crippen LogP contribution in [0.4, 0.5) is 5.69 Å². The van der Waals surface area contributed by atoms with Crippen LogP contribution >= 0.6 is 0 Å². The normalized spacial score (nSPS) is 11.8. The van der Waals surface area contributed by atoms with Crippen LogP contribution in [0, 0.1) is 0 Å². The lowest BCUT2D eigenvalue weighted by Gasteiger charge is -2.18. The molecule has 2 aromatic carbocycles. The van der Waals surface area contributed by atoms with Gasteiger partial charge >= 0.3 is 5.97 Å². The molecule has 1 atom stereocenters. The second-order valence-corrected chi connectivity index (χ2v) is 6.19. The highest BCUT2D eigenvalue weighted by Crippen LogP contribution is 2.17. The summed E-state index contributed by atoms with van der Waals surface area (Å²) in [6.45, 7) is 3.82. The van der Waals surface area contributed by atoms with Crippen molar-refractivity contribution < 1.29 is 14.3 Å². The SMILES string of the molecule is CCOC(=O)c1cccc(NC(=O)[C@@H](CC)n2cnc3ccccc3c2=O)c1. The molecule has 0 spiro atoms. The Morgan fingerprint density at radius 3 is 2.68 bits per heavy atom. The van der Waals surface area contributed by atoms with Gasteiger partial charge in [0.15, 0.2) is 0 Å². The summed E-state index contributed by atoms with van der Waals surface area (Å²) in [6.07, 6.45) is 1.80. The summed E-state index contributed by atoms with van der Waals surface area (Å²) < 4.78 is 6.32. The van der Waals surface area contributed by atoms with Gasteiger partial charge in [0.05, 0.1) is 29.4 Å². The summed E-state index contributed by atoms with van der Waals surface area (Å²) in [4.78, 5) is 41.8. The van der Waals surface area contributed by atoms with Crippen molar-refractivity contribution in [1.82, 2.24) is 9.55 Å². The van der Waals surface area contributed by atoms with E-state index in [0.717, 1.165) is 0 Å². The van der Waals surface area contributed by atoms with E-state index < -0.39 is 12.0 Å². The van der Waals surface area contributed by atoms with Gasteiger partial charge in [0.25, 0.3) is 5.56 Å². The van der Waals surface area contributed by atoms with Crippen molar-refractivity contribution in [1.29, 1.82) is 0 Å². The van der Waals surface area contributed by atoms with E-state index in [1.807, 2.05) is 6.92 Å². The number of hydrogen-bond donors (Lipinski definition) is 1. The Morgan fingerprint density at radius 2 is 1.93 bits per heavy atom. The van der Waals surface area contributed by atoms with Crippen LogP contribution in [0.3, 0.4) is 0 Å². The van der Waals surface area contributed by atoms with Crippen LogP contribution in [-0.4, -0.2) is 28.0 Å². The van der Waals surface area contributed by atoms with E-state index in [9.17, 15) is 14.4 Å². The Balaban J connectivity index is 1.87. The summed E-state index contributed by atoms with van der Waals surface area (Å²) in [6, 6.07) is 12.8. The molecule has 7 heteroatoms. The third-order valence-corrected chi connectivity index (χ3v) is 4.36. The number of benzene rings is 2. The number of nitrogens with one attached hydrogen (secondary N) is 1. The minimum atomic E-state index is -0.726. The first-order chi connectivity index (χ1) is 13.5. The second kappa shape index (κ2) is 8.47. The Bertz CT molecular complexity index is 1070. The van der Waals surface area contributed by atoms with Crippen molar-refractivity contribution >= 4 is 28.5 Å². The second-order valence-electron chi connectivity index (χ2n) is 6.19. The molecule has 0 fully saturated rings. The van der Waals surface area contributed by atoms with Gasteiger partial charge < -0.3 is 10.1 Å². The molecule has 1 aromatic heterocycles. The number of para-hydroxylation sites is 1. The first kappa shape index (κ1) is 19.3. The van der Waals surface area contributed by atoms with Gasteiger partial charge in [0.1, 0.15) is 6.04 Å². The molecule has 1 amide bonds. The van der Waals surface area contributed by atoms with Crippen molar-refractivity contribution in [3.05, 3.63) is 70.8 Å². The number of hydrogen-bond acceptors (Lipinski definition) is 5. The third-order valence-electron chi connectivity index (χ3n) is 4.36. The van der Waals surface area contributed by atoms with Crippen LogP contribution in [0.25, 0.3) is 10.9 Å². The lowest BCUT2D eigenvalue weighted by Crippen LogP contribution is -2.33. The minimum Gasteiger partial charge on any atom is -0.462 e. The van der Waals surface area contributed by atoms with Crippen molar-refractivity contribution in [3.8, 4) is 0 Å². The predicted molar refractivity (Wildman–Crippen MR) is 106 cm³/mol. The lowest BCUT2D eigenvalue weighted by molar-refractivity contribution is -0.119. The van der Waals surface area contributed by atoms with Crippen LogP contribution in [0.5, 0.6) is 0 Å². The van der Waals surface area contributed by atoms with E-state index in [1.54, 1.807) is 55.5 Å². The fraction of sp³-hybridized carbons (Fsp3) is 0.238. The number of carbonyl (C=O) groups excluding carboxylic acids is 2. The third kappa shape index (κ3) is 3.93. The first-order valence-corrected chi connectivity index (χ1v) is 9.09. The molecule has 7 nitrogen and oxygen atoms in total. The molecular formula is C21H21N3O4. The van der Waals surface area contributed by atoms with Gasteiger partial charge in [-0.15, -0.1) is 0 Å². The number of aromatic nitrogens is 2. The Morgan fingerprint density at radius 1 is 1.14 bits per heavy atom. The molecule has 0 aliphatic rings. The van der Waals surface area contributed by atoms with E-state index >= 15 is 0 Å². The number of anilines is 1. The van der Waals surface area contributed by atoms with E-state index in [4.69, 9.17) is 4.74 Å². The summed E-state index contributed by atoms with van der Waals surface area (Å²) in [5.41, 5.74) is 1.11. The Labute approximate surface area is 162 Å². The molecule has 0 aliphatic heterocycles. The van der Waals surface area contributed by atoms with Gasteiger partial charge in [-0.05, 0) is 43.7 Å². The average molecular weight is 379 g/mol. The predicted octanol–water partition coefficient (Wildman–Crippen LogP) is 3.16. The fourth-order valence-electron chi connectivity index (χ4n) is 2.98. The zero-order valence-corrected chi connectivity index (χ0v) is 15.7. The van der Waals surface area contributed by atoms with Gasteiger partial charge in [-0.3, -0.25) is 14.2 Å². The number of rotatable bonds is 6. The van der Waals surface area contributed by atoms with Gasteiger partial charge in [0, 0.05) is 5.69 Å². The van der Waals surface area contributed by atoms with Crippen molar-refractivity contribution in [2.75, 3.05) is 11.9 Å². The largest absolute Gasteiger partial charge is 0.462 e. The molecule has 0 bridgehead atoms. The monoisotopic (exact) mass is 379 g/mol.